The van der Waals surface area contributed by atoms with Gasteiger partial charge in [0.25, 0.3) is 0 Å². The zero-order chi connectivity index (χ0) is 13.9. The van der Waals surface area contributed by atoms with Crippen molar-refractivity contribution >= 4 is 17.4 Å². The van der Waals surface area contributed by atoms with E-state index >= 15 is 0 Å². The van der Waals surface area contributed by atoms with Gasteiger partial charge in [0.05, 0.1) is 0 Å². The molecule has 1 heterocycles. The molecule has 1 aromatic rings. The number of urea groups is 1. The maximum Gasteiger partial charge on any atom is 0.321 e. The van der Waals surface area contributed by atoms with E-state index in [9.17, 15) is 4.79 Å². The third-order valence-corrected chi connectivity index (χ3v) is 4.72. The number of piperidine rings is 1. The Morgan fingerprint density at radius 3 is 2.80 bits per heavy atom. The number of benzene rings is 1. The van der Waals surface area contributed by atoms with Gasteiger partial charge in [-0.05, 0) is 42.9 Å². The van der Waals surface area contributed by atoms with Crippen LogP contribution in [0.15, 0.2) is 24.3 Å². The van der Waals surface area contributed by atoms with Crippen molar-refractivity contribution in [3.05, 3.63) is 24.3 Å². The van der Waals surface area contributed by atoms with E-state index < -0.39 is 0 Å². The molecule has 0 radical (unpaired) electrons. The summed E-state index contributed by atoms with van der Waals surface area (Å²) in [5.74, 6) is 1.56. The lowest BCUT2D eigenvalue weighted by Crippen LogP contribution is -2.46. The Morgan fingerprint density at radius 2 is 2.00 bits per heavy atom. The zero-order valence-corrected chi connectivity index (χ0v) is 11.8. The maximum absolute atomic E-state index is 12.3. The lowest BCUT2D eigenvalue weighted by Gasteiger charge is -2.41. The summed E-state index contributed by atoms with van der Waals surface area (Å²) in [5.41, 5.74) is 7.19. The van der Waals surface area contributed by atoms with Gasteiger partial charge in [-0.3, -0.25) is 0 Å². The minimum absolute atomic E-state index is 0.0135. The van der Waals surface area contributed by atoms with E-state index in [0.717, 1.165) is 31.1 Å². The first-order chi connectivity index (χ1) is 9.72. The fourth-order valence-corrected chi connectivity index (χ4v) is 3.60. The van der Waals surface area contributed by atoms with Gasteiger partial charge in [0.15, 0.2) is 0 Å². The third-order valence-electron chi connectivity index (χ3n) is 4.72. The Labute approximate surface area is 120 Å². The summed E-state index contributed by atoms with van der Waals surface area (Å²) in [6, 6.07) is 7.37. The van der Waals surface area contributed by atoms with Gasteiger partial charge < -0.3 is 16.0 Å². The summed E-state index contributed by atoms with van der Waals surface area (Å²) in [7, 11) is 0. The molecule has 3 rings (SSSR count). The highest BCUT2D eigenvalue weighted by Crippen LogP contribution is 2.36. The lowest BCUT2D eigenvalue weighted by molar-refractivity contribution is 0.108. The van der Waals surface area contributed by atoms with Crippen molar-refractivity contribution in [1.29, 1.82) is 0 Å². The molecule has 1 saturated heterocycles. The summed E-state index contributed by atoms with van der Waals surface area (Å²) in [6.45, 7) is 1.80. The second-order valence-electron chi connectivity index (χ2n) is 6.09. The van der Waals surface area contributed by atoms with E-state index in [0.29, 0.717) is 11.6 Å². The Balaban J connectivity index is 1.60. The van der Waals surface area contributed by atoms with Gasteiger partial charge in [0.2, 0.25) is 0 Å². The second-order valence-corrected chi connectivity index (χ2v) is 6.09. The van der Waals surface area contributed by atoms with Gasteiger partial charge in [0, 0.05) is 24.5 Å². The number of fused-ring (bicyclic) bond motifs is 1. The molecule has 2 unspecified atom stereocenters. The fourth-order valence-electron chi connectivity index (χ4n) is 3.60. The number of nitrogens with two attached hydrogens (primary N) is 1. The highest BCUT2D eigenvalue weighted by molar-refractivity contribution is 5.89. The number of rotatable bonds is 1. The molecule has 1 aliphatic heterocycles. The van der Waals surface area contributed by atoms with Gasteiger partial charge in [-0.2, -0.15) is 0 Å². The molecule has 1 saturated carbocycles. The molecular weight excluding hydrogens is 250 g/mol. The highest BCUT2D eigenvalue weighted by Gasteiger charge is 2.32. The van der Waals surface area contributed by atoms with Gasteiger partial charge >= 0.3 is 6.03 Å². The van der Waals surface area contributed by atoms with E-state index in [2.05, 4.69) is 5.32 Å². The molecule has 2 fully saturated rings. The first-order valence-corrected chi connectivity index (χ1v) is 7.64. The average Bonchev–Trinajstić information content (AvgIpc) is 2.47. The Hall–Kier alpha value is -1.71. The third kappa shape index (κ3) is 2.89. The van der Waals surface area contributed by atoms with Crippen molar-refractivity contribution in [2.24, 2.45) is 11.8 Å². The van der Waals surface area contributed by atoms with Crippen molar-refractivity contribution in [3.8, 4) is 0 Å². The number of amides is 2. The quantitative estimate of drug-likeness (QED) is 0.771. The van der Waals surface area contributed by atoms with Crippen molar-refractivity contribution in [2.45, 2.75) is 32.1 Å². The SMILES string of the molecule is Nc1cccc(NC(=O)N2CCC3CCCCC3C2)c1. The number of nitrogen functional groups attached to an aromatic ring is 1. The van der Waals surface area contributed by atoms with Crippen LogP contribution >= 0.6 is 0 Å². The number of nitrogens with one attached hydrogen (secondary N) is 1. The average molecular weight is 273 g/mol. The highest BCUT2D eigenvalue weighted by atomic mass is 16.2. The van der Waals surface area contributed by atoms with E-state index in [1.807, 2.05) is 23.1 Å². The van der Waals surface area contributed by atoms with Crippen LogP contribution in [0.4, 0.5) is 16.2 Å². The molecule has 0 spiro atoms. The van der Waals surface area contributed by atoms with Gasteiger partial charge in [-0.1, -0.05) is 25.3 Å². The molecule has 4 heteroatoms. The number of hydrogen-bond acceptors (Lipinski definition) is 2. The van der Waals surface area contributed by atoms with Gasteiger partial charge in [-0.25, -0.2) is 4.79 Å². The first-order valence-electron chi connectivity index (χ1n) is 7.64. The smallest absolute Gasteiger partial charge is 0.321 e. The summed E-state index contributed by atoms with van der Waals surface area (Å²) in [6.07, 6.45) is 6.50. The molecule has 1 aliphatic carbocycles. The number of likely N-dealkylation sites (tertiary alicyclic amines) is 1. The van der Waals surface area contributed by atoms with Crippen molar-refractivity contribution in [1.82, 2.24) is 4.90 Å². The largest absolute Gasteiger partial charge is 0.399 e. The van der Waals surface area contributed by atoms with Crippen LogP contribution in [-0.4, -0.2) is 24.0 Å². The van der Waals surface area contributed by atoms with Crippen LogP contribution in [-0.2, 0) is 0 Å². The first kappa shape index (κ1) is 13.3. The minimum atomic E-state index is 0.0135. The summed E-state index contributed by atoms with van der Waals surface area (Å²) >= 11 is 0. The maximum atomic E-state index is 12.3. The summed E-state index contributed by atoms with van der Waals surface area (Å²) in [4.78, 5) is 14.3. The minimum Gasteiger partial charge on any atom is -0.399 e. The number of carbonyl (C=O) groups excluding carboxylic acids is 1. The van der Waals surface area contributed by atoms with Crippen LogP contribution < -0.4 is 11.1 Å². The monoisotopic (exact) mass is 273 g/mol. The molecule has 108 valence electrons. The molecule has 2 atom stereocenters. The Kier molecular flexibility index (Phi) is 3.81. The predicted molar refractivity (Wildman–Crippen MR) is 81.5 cm³/mol. The van der Waals surface area contributed by atoms with Crippen molar-refractivity contribution in [2.75, 3.05) is 24.1 Å². The molecule has 3 N–H and O–H groups in total. The second kappa shape index (κ2) is 5.73. The Bertz CT molecular complexity index is 488. The van der Waals surface area contributed by atoms with Crippen molar-refractivity contribution < 1.29 is 4.79 Å². The normalized spacial score (nSPS) is 25.9. The zero-order valence-electron chi connectivity index (χ0n) is 11.8. The summed E-state index contributed by atoms with van der Waals surface area (Å²) in [5, 5.41) is 2.95. The van der Waals surface area contributed by atoms with Gasteiger partial charge in [-0.15, -0.1) is 0 Å². The number of hydrogen-bond donors (Lipinski definition) is 2. The summed E-state index contributed by atoms with van der Waals surface area (Å²) < 4.78 is 0. The van der Waals surface area contributed by atoms with Crippen LogP contribution in [0.5, 0.6) is 0 Å². The predicted octanol–water partition coefficient (Wildman–Crippen LogP) is 3.31. The molecular formula is C16H23N3O. The molecule has 2 aliphatic rings. The number of nitrogens with zero attached hydrogens (tertiary/aromatic N) is 1. The molecule has 4 nitrogen and oxygen atoms in total. The standard InChI is InChI=1S/C16H23N3O/c17-14-6-3-7-15(10-14)18-16(20)19-9-8-12-4-1-2-5-13(12)11-19/h3,6-7,10,12-13H,1-2,4-5,8-9,11,17H2,(H,18,20). The number of carbonyl (C=O) groups is 1. The van der Waals surface area contributed by atoms with Crippen LogP contribution in [0.3, 0.4) is 0 Å². The van der Waals surface area contributed by atoms with Crippen LogP contribution in [0.2, 0.25) is 0 Å². The molecule has 0 aromatic heterocycles. The molecule has 0 bridgehead atoms. The van der Waals surface area contributed by atoms with E-state index in [1.54, 1.807) is 6.07 Å². The lowest BCUT2D eigenvalue weighted by atomic mass is 9.75. The van der Waals surface area contributed by atoms with E-state index in [4.69, 9.17) is 5.73 Å². The van der Waals surface area contributed by atoms with Crippen molar-refractivity contribution in [3.63, 3.8) is 0 Å². The molecule has 2 amide bonds. The number of anilines is 2. The fraction of sp³-hybridized carbons (Fsp3) is 0.562. The topological polar surface area (TPSA) is 58.4 Å². The molecule has 1 aromatic carbocycles. The Morgan fingerprint density at radius 1 is 1.20 bits per heavy atom. The van der Waals surface area contributed by atoms with Crippen LogP contribution in [0, 0.1) is 11.8 Å². The molecule has 20 heavy (non-hydrogen) atoms. The van der Waals surface area contributed by atoms with E-state index in [-0.39, 0.29) is 6.03 Å². The van der Waals surface area contributed by atoms with Crippen LogP contribution in [0.1, 0.15) is 32.1 Å². The van der Waals surface area contributed by atoms with Gasteiger partial charge in [0.1, 0.15) is 0 Å². The van der Waals surface area contributed by atoms with E-state index in [1.165, 1.54) is 25.7 Å². The van der Waals surface area contributed by atoms with Crippen LogP contribution in [0.25, 0.3) is 0 Å².